The number of hydrogen-bond donors (Lipinski definition) is 2. The number of nitrogens with one attached hydrogen (secondary N) is 2. The summed E-state index contributed by atoms with van der Waals surface area (Å²) in [5.41, 5.74) is 3.05. The Kier molecular flexibility index (Phi) is 7.99. The molecule has 0 atom stereocenters. The highest BCUT2D eigenvalue weighted by Gasteiger charge is 2.16. The number of ether oxygens (including phenoxy) is 1. The summed E-state index contributed by atoms with van der Waals surface area (Å²) in [7, 11) is 0. The first kappa shape index (κ1) is 23.5. The van der Waals surface area contributed by atoms with Crippen LogP contribution in [0.15, 0.2) is 76.3 Å². The SMILES string of the molecule is O=C(N/N=C/c1ccccc1OC(=O)c1ccccc1Br)C(=O)Nc1cc(Cl)ccc1Cl. The van der Waals surface area contributed by atoms with E-state index in [4.69, 9.17) is 27.9 Å². The minimum Gasteiger partial charge on any atom is -0.422 e. The standard InChI is InChI=1S/C22H14BrCl2N3O4/c23-16-7-3-2-6-15(16)22(31)32-19-8-4-1-5-13(19)12-26-28-21(30)20(29)27-18-11-14(24)9-10-17(18)25/h1-12H,(H,27,29)(H,28,30)/b26-12+. The second kappa shape index (κ2) is 10.9. The Labute approximate surface area is 201 Å². The molecule has 3 rings (SSSR count). The predicted octanol–water partition coefficient (Wildman–Crippen LogP) is 5.06. The highest BCUT2D eigenvalue weighted by molar-refractivity contribution is 9.10. The quantitative estimate of drug-likeness (QED) is 0.157. The Balaban J connectivity index is 1.65. The maximum absolute atomic E-state index is 12.4. The average Bonchev–Trinajstić information content (AvgIpc) is 2.77. The number of hydrogen-bond acceptors (Lipinski definition) is 5. The van der Waals surface area contributed by atoms with Crippen molar-refractivity contribution in [3.8, 4) is 5.75 Å². The number of anilines is 1. The number of nitrogens with zero attached hydrogens (tertiary/aromatic N) is 1. The Morgan fingerprint density at radius 3 is 2.44 bits per heavy atom. The van der Waals surface area contributed by atoms with Crippen LogP contribution in [0, 0.1) is 0 Å². The van der Waals surface area contributed by atoms with Crippen LogP contribution in [0.25, 0.3) is 0 Å². The number of hydrazone groups is 1. The first-order chi connectivity index (χ1) is 15.3. The molecule has 3 aromatic carbocycles. The van der Waals surface area contributed by atoms with Crippen LogP contribution in [0.2, 0.25) is 10.0 Å². The van der Waals surface area contributed by atoms with Crippen molar-refractivity contribution in [3.63, 3.8) is 0 Å². The molecular formula is C22H14BrCl2N3O4. The van der Waals surface area contributed by atoms with Crippen LogP contribution in [0.3, 0.4) is 0 Å². The molecule has 0 bridgehead atoms. The molecular weight excluding hydrogens is 521 g/mol. The molecule has 0 saturated carbocycles. The molecule has 0 aromatic heterocycles. The largest absolute Gasteiger partial charge is 0.422 e. The summed E-state index contributed by atoms with van der Waals surface area (Å²) < 4.78 is 6.03. The Morgan fingerprint density at radius 1 is 0.938 bits per heavy atom. The van der Waals surface area contributed by atoms with Crippen LogP contribution in [0.1, 0.15) is 15.9 Å². The lowest BCUT2D eigenvalue weighted by atomic mass is 10.2. The van der Waals surface area contributed by atoms with Gasteiger partial charge in [-0.2, -0.15) is 5.10 Å². The van der Waals surface area contributed by atoms with Crippen molar-refractivity contribution < 1.29 is 19.1 Å². The van der Waals surface area contributed by atoms with Crippen molar-refractivity contribution in [1.82, 2.24) is 5.43 Å². The number of halogens is 3. The molecule has 2 N–H and O–H groups in total. The van der Waals surface area contributed by atoms with E-state index in [1.165, 1.54) is 18.3 Å². The van der Waals surface area contributed by atoms with Gasteiger partial charge in [0.05, 0.1) is 22.5 Å². The van der Waals surface area contributed by atoms with Crippen molar-refractivity contribution in [2.24, 2.45) is 5.10 Å². The van der Waals surface area contributed by atoms with Gasteiger partial charge in [0.2, 0.25) is 0 Å². The van der Waals surface area contributed by atoms with Gasteiger partial charge in [0.15, 0.2) is 0 Å². The van der Waals surface area contributed by atoms with Crippen LogP contribution in [-0.2, 0) is 9.59 Å². The van der Waals surface area contributed by atoms with Crippen LogP contribution < -0.4 is 15.5 Å². The molecule has 10 heteroatoms. The van der Waals surface area contributed by atoms with Gasteiger partial charge < -0.3 is 10.1 Å². The summed E-state index contributed by atoms with van der Waals surface area (Å²) in [4.78, 5) is 36.5. The molecule has 162 valence electrons. The molecule has 2 amide bonds. The first-order valence-electron chi connectivity index (χ1n) is 9.00. The zero-order chi connectivity index (χ0) is 23.1. The molecule has 0 fully saturated rings. The van der Waals surface area contributed by atoms with E-state index in [-0.39, 0.29) is 16.5 Å². The van der Waals surface area contributed by atoms with Gasteiger partial charge in [-0.25, -0.2) is 10.2 Å². The summed E-state index contributed by atoms with van der Waals surface area (Å²) in [6.07, 6.45) is 1.25. The highest BCUT2D eigenvalue weighted by Crippen LogP contribution is 2.25. The normalized spacial score (nSPS) is 10.6. The second-order valence-corrected chi connectivity index (χ2v) is 7.88. The Hall–Kier alpha value is -3.20. The molecule has 32 heavy (non-hydrogen) atoms. The molecule has 0 heterocycles. The molecule has 0 spiro atoms. The van der Waals surface area contributed by atoms with Gasteiger partial charge in [0.1, 0.15) is 5.75 Å². The van der Waals surface area contributed by atoms with Gasteiger partial charge in [-0.05, 0) is 58.4 Å². The zero-order valence-electron chi connectivity index (χ0n) is 16.1. The van der Waals surface area contributed by atoms with E-state index in [1.807, 2.05) is 0 Å². The third kappa shape index (κ3) is 6.16. The topological polar surface area (TPSA) is 96.9 Å². The first-order valence-corrected chi connectivity index (χ1v) is 10.5. The molecule has 3 aromatic rings. The fraction of sp³-hybridized carbons (Fsp3) is 0. The maximum Gasteiger partial charge on any atom is 0.344 e. The maximum atomic E-state index is 12.4. The van der Waals surface area contributed by atoms with Crippen LogP contribution in [-0.4, -0.2) is 24.0 Å². The highest BCUT2D eigenvalue weighted by atomic mass is 79.9. The fourth-order valence-corrected chi connectivity index (χ4v) is 3.23. The van der Waals surface area contributed by atoms with E-state index in [0.717, 1.165) is 0 Å². The fourth-order valence-electron chi connectivity index (χ4n) is 2.45. The van der Waals surface area contributed by atoms with Crippen LogP contribution in [0.5, 0.6) is 5.75 Å². The second-order valence-electron chi connectivity index (χ2n) is 6.18. The van der Waals surface area contributed by atoms with Crippen LogP contribution >= 0.6 is 39.1 Å². The van der Waals surface area contributed by atoms with Gasteiger partial charge in [-0.15, -0.1) is 0 Å². The van der Waals surface area contributed by atoms with Crippen molar-refractivity contribution in [2.45, 2.75) is 0 Å². The van der Waals surface area contributed by atoms with E-state index < -0.39 is 17.8 Å². The van der Waals surface area contributed by atoms with Crippen molar-refractivity contribution >= 4 is 68.8 Å². The van der Waals surface area contributed by atoms with E-state index >= 15 is 0 Å². The predicted molar refractivity (Wildman–Crippen MR) is 126 cm³/mol. The van der Waals surface area contributed by atoms with Crippen molar-refractivity contribution in [1.29, 1.82) is 0 Å². The molecule has 0 aliphatic rings. The van der Waals surface area contributed by atoms with E-state index in [2.05, 4.69) is 31.8 Å². The number of carbonyl (C=O) groups is 3. The lowest BCUT2D eigenvalue weighted by Crippen LogP contribution is -2.32. The molecule has 0 aliphatic heterocycles. The number of rotatable bonds is 5. The van der Waals surface area contributed by atoms with Crippen LogP contribution in [0.4, 0.5) is 5.69 Å². The Morgan fingerprint density at radius 2 is 1.66 bits per heavy atom. The molecule has 0 aliphatic carbocycles. The summed E-state index contributed by atoms with van der Waals surface area (Å²) in [5.74, 6) is -2.36. The molecule has 0 unspecified atom stereocenters. The summed E-state index contributed by atoms with van der Waals surface area (Å²) in [6, 6.07) is 17.9. The van der Waals surface area contributed by atoms with Gasteiger partial charge in [0.25, 0.3) is 0 Å². The summed E-state index contributed by atoms with van der Waals surface area (Å²) >= 11 is 15.1. The lowest BCUT2D eigenvalue weighted by Gasteiger charge is -2.08. The number of carbonyl (C=O) groups excluding carboxylic acids is 3. The monoisotopic (exact) mass is 533 g/mol. The molecule has 0 radical (unpaired) electrons. The minimum absolute atomic E-state index is 0.188. The minimum atomic E-state index is -1.03. The van der Waals surface area contributed by atoms with E-state index in [9.17, 15) is 14.4 Å². The third-order valence-electron chi connectivity index (χ3n) is 3.97. The lowest BCUT2D eigenvalue weighted by molar-refractivity contribution is -0.136. The smallest absolute Gasteiger partial charge is 0.344 e. The number of esters is 1. The molecule has 0 saturated heterocycles. The number of benzene rings is 3. The average molecular weight is 535 g/mol. The zero-order valence-corrected chi connectivity index (χ0v) is 19.2. The van der Waals surface area contributed by atoms with Gasteiger partial charge in [0, 0.05) is 15.1 Å². The van der Waals surface area contributed by atoms with Crippen molar-refractivity contribution in [3.05, 3.63) is 92.4 Å². The number of amides is 2. The third-order valence-corrected chi connectivity index (χ3v) is 5.22. The van der Waals surface area contributed by atoms with E-state index in [0.29, 0.717) is 20.6 Å². The van der Waals surface area contributed by atoms with Gasteiger partial charge >= 0.3 is 17.8 Å². The summed E-state index contributed by atoms with van der Waals surface area (Å²) in [6.45, 7) is 0. The summed E-state index contributed by atoms with van der Waals surface area (Å²) in [5, 5.41) is 6.67. The van der Waals surface area contributed by atoms with Crippen molar-refractivity contribution in [2.75, 3.05) is 5.32 Å². The van der Waals surface area contributed by atoms with Gasteiger partial charge in [-0.3, -0.25) is 9.59 Å². The van der Waals surface area contributed by atoms with Gasteiger partial charge in [-0.1, -0.05) is 47.5 Å². The van der Waals surface area contributed by atoms with E-state index in [1.54, 1.807) is 54.6 Å². The Bertz CT molecular complexity index is 1220. The number of para-hydroxylation sites is 1. The molecule has 7 nitrogen and oxygen atoms in total.